The number of anilines is 1. The van der Waals surface area contributed by atoms with Gasteiger partial charge in [-0.3, -0.25) is 4.90 Å². The summed E-state index contributed by atoms with van der Waals surface area (Å²) in [5.74, 6) is 0.888. The fourth-order valence-electron chi connectivity index (χ4n) is 3.26. The number of rotatable bonds is 3. The third-order valence-electron chi connectivity index (χ3n) is 4.27. The molecule has 0 bridgehead atoms. The van der Waals surface area contributed by atoms with E-state index in [9.17, 15) is 0 Å². The highest BCUT2D eigenvalue weighted by atomic mass is 15.4. The number of piperazine rings is 1. The maximum atomic E-state index is 4.54. The quantitative estimate of drug-likeness (QED) is 0.874. The molecule has 0 radical (unpaired) electrons. The van der Waals surface area contributed by atoms with Crippen molar-refractivity contribution in [1.29, 1.82) is 0 Å². The Hall–Kier alpha value is -1.20. The summed E-state index contributed by atoms with van der Waals surface area (Å²) in [6.45, 7) is 6.59. The molecule has 2 atom stereocenters. The van der Waals surface area contributed by atoms with Crippen LogP contribution in [0.15, 0.2) is 12.4 Å². The van der Waals surface area contributed by atoms with Gasteiger partial charge in [0.15, 0.2) is 0 Å². The Labute approximate surface area is 115 Å². The molecule has 104 valence electrons. The van der Waals surface area contributed by atoms with E-state index in [-0.39, 0.29) is 0 Å². The highest BCUT2D eigenvalue weighted by molar-refractivity contribution is 5.33. The summed E-state index contributed by atoms with van der Waals surface area (Å²) in [7, 11) is 1.94. The molecule has 5 heteroatoms. The van der Waals surface area contributed by atoms with Crippen molar-refractivity contribution in [3.05, 3.63) is 18.0 Å². The third kappa shape index (κ3) is 2.58. The SMILES string of the molecule is CNCc1cnc(N2CC3CCCN3CC2C)nc1. The molecular weight excluding hydrogens is 238 g/mol. The lowest BCUT2D eigenvalue weighted by molar-refractivity contribution is 0.201. The van der Waals surface area contributed by atoms with Crippen LogP contribution in [0.25, 0.3) is 0 Å². The largest absolute Gasteiger partial charge is 0.335 e. The Kier molecular flexibility index (Phi) is 3.66. The summed E-state index contributed by atoms with van der Waals surface area (Å²) in [6, 6.07) is 1.21. The van der Waals surface area contributed by atoms with E-state index in [1.54, 1.807) is 0 Å². The zero-order valence-electron chi connectivity index (χ0n) is 11.8. The minimum atomic E-state index is 0.504. The molecule has 5 nitrogen and oxygen atoms in total. The van der Waals surface area contributed by atoms with E-state index in [1.807, 2.05) is 19.4 Å². The van der Waals surface area contributed by atoms with Crippen LogP contribution in [0, 0.1) is 0 Å². The Morgan fingerprint density at radius 1 is 1.32 bits per heavy atom. The van der Waals surface area contributed by atoms with Crippen molar-refractivity contribution in [3.8, 4) is 0 Å². The highest BCUT2D eigenvalue weighted by Gasteiger charge is 2.35. The van der Waals surface area contributed by atoms with Gasteiger partial charge in [-0.05, 0) is 33.4 Å². The molecule has 1 N–H and O–H groups in total. The van der Waals surface area contributed by atoms with Crippen molar-refractivity contribution in [2.45, 2.75) is 38.4 Å². The second kappa shape index (κ2) is 5.43. The van der Waals surface area contributed by atoms with Crippen LogP contribution in [0.5, 0.6) is 0 Å². The van der Waals surface area contributed by atoms with Gasteiger partial charge in [0.05, 0.1) is 0 Å². The molecule has 0 aliphatic carbocycles. The normalized spacial score (nSPS) is 27.6. The number of hydrogen-bond acceptors (Lipinski definition) is 5. The minimum absolute atomic E-state index is 0.504. The Morgan fingerprint density at radius 2 is 2.11 bits per heavy atom. The first kappa shape index (κ1) is 12.8. The molecule has 1 aromatic rings. The summed E-state index contributed by atoms with van der Waals surface area (Å²) in [4.78, 5) is 14.1. The van der Waals surface area contributed by atoms with Crippen molar-refractivity contribution < 1.29 is 0 Å². The van der Waals surface area contributed by atoms with Crippen molar-refractivity contribution in [2.24, 2.45) is 0 Å². The van der Waals surface area contributed by atoms with Crippen LogP contribution in [-0.4, -0.2) is 53.6 Å². The van der Waals surface area contributed by atoms with Gasteiger partial charge >= 0.3 is 0 Å². The van der Waals surface area contributed by atoms with Gasteiger partial charge in [-0.2, -0.15) is 0 Å². The predicted octanol–water partition coefficient (Wildman–Crippen LogP) is 0.869. The Morgan fingerprint density at radius 3 is 2.84 bits per heavy atom. The topological polar surface area (TPSA) is 44.3 Å². The highest BCUT2D eigenvalue weighted by Crippen LogP contribution is 2.26. The standard InChI is InChI=1S/C14H23N5/c1-11-9-18-5-3-4-13(18)10-19(11)14-16-7-12(6-15-2)8-17-14/h7-8,11,13,15H,3-6,9-10H2,1-2H3. The van der Waals surface area contributed by atoms with Crippen LogP contribution in [-0.2, 0) is 6.54 Å². The van der Waals surface area contributed by atoms with Gasteiger partial charge in [0.25, 0.3) is 0 Å². The number of nitrogens with one attached hydrogen (secondary N) is 1. The van der Waals surface area contributed by atoms with E-state index >= 15 is 0 Å². The lowest BCUT2D eigenvalue weighted by atomic mass is 10.1. The fraction of sp³-hybridized carbons (Fsp3) is 0.714. The van der Waals surface area contributed by atoms with Crippen LogP contribution in [0.4, 0.5) is 5.95 Å². The van der Waals surface area contributed by atoms with E-state index in [0.29, 0.717) is 12.1 Å². The van der Waals surface area contributed by atoms with E-state index in [1.165, 1.54) is 19.4 Å². The lowest BCUT2D eigenvalue weighted by Crippen LogP contribution is -2.55. The zero-order valence-corrected chi connectivity index (χ0v) is 11.8. The molecule has 19 heavy (non-hydrogen) atoms. The van der Waals surface area contributed by atoms with Gasteiger partial charge in [-0.25, -0.2) is 9.97 Å². The number of hydrogen-bond donors (Lipinski definition) is 1. The van der Waals surface area contributed by atoms with Crippen molar-refractivity contribution in [3.63, 3.8) is 0 Å². The van der Waals surface area contributed by atoms with Crippen LogP contribution >= 0.6 is 0 Å². The first-order valence-corrected chi connectivity index (χ1v) is 7.24. The molecule has 2 unspecified atom stereocenters. The molecule has 2 fully saturated rings. The molecule has 0 saturated carbocycles. The van der Waals surface area contributed by atoms with E-state index in [0.717, 1.165) is 31.1 Å². The van der Waals surface area contributed by atoms with Crippen LogP contribution < -0.4 is 10.2 Å². The number of aromatic nitrogens is 2. The molecule has 3 rings (SSSR count). The van der Waals surface area contributed by atoms with Gasteiger partial charge in [-0.1, -0.05) is 0 Å². The van der Waals surface area contributed by atoms with E-state index in [4.69, 9.17) is 0 Å². The first-order chi connectivity index (χ1) is 9.28. The van der Waals surface area contributed by atoms with Crippen LogP contribution in [0.3, 0.4) is 0 Å². The monoisotopic (exact) mass is 261 g/mol. The summed E-state index contributed by atoms with van der Waals surface area (Å²) >= 11 is 0. The van der Waals surface area contributed by atoms with Gasteiger partial charge in [0.2, 0.25) is 5.95 Å². The maximum Gasteiger partial charge on any atom is 0.225 e. The molecule has 2 aliphatic rings. The molecular formula is C14H23N5. The molecule has 0 amide bonds. The van der Waals surface area contributed by atoms with E-state index in [2.05, 4.69) is 32.0 Å². The zero-order chi connectivity index (χ0) is 13.2. The predicted molar refractivity (Wildman–Crippen MR) is 76.2 cm³/mol. The Balaban J connectivity index is 1.73. The van der Waals surface area contributed by atoms with Crippen molar-refractivity contribution in [2.75, 3.05) is 31.6 Å². The number of nitrogens with zero attached hydrogens (tertiary/aromatic N) is 4. The molecule has 3 heterocycles. The minimum Gasteiger partial charge on any atom is -0.335 e. The van der Waals surface area contributed by atoms with Crippen molar-refractivity contribution in [1.82, 2.24) is 20.2 Å². The molecule has 2 saturated heterocycles. The first-order valence-electron chi connectivity index (χ1n) is 7.24. The van der Waals surface area contributed by atoms with Gasteiger partial charge < -0.3 is 10.2 Å². The molecule has 1 aromatic heterocycles. The maximum absolute atomic E-state index is 4.54. The van der Waals surface area contributed by atoms with Crippen molar-refractivity contribution >= 4 is 5.95 Å². The molecule has 0 spiro atoms. The van der Waals surface area contributed by atoms with Crippen LogP contribution in [0.2, 0.25) is 0 Å². The summed E-state index contributed by atoms with van der Waals surface area (Å²) in [5.41, 5.74) is 1.14. The third-order valence-corrected chi connectivity index (χ3v) is 4.27. The molecule has 2 aliphatic heterocycles. The second-order valence-electron chi connectivity index (χ2n) is 5.71. The average Bonchev–Trinajstić information content (AvgIpc) is 2.86. The Bertz CT molecular complexity index is 418. The van der Waals surface area contributed by atoms with Crippen LogP contribution in [0.1, 0.15) is 25.3 Å². The smallest absolute Gasteiger partial charge is 0.225 e. The lowest BCUT2D eigenvalue weighted by Gasteiger charge is -2.42. The summed E-state index contributed by atoms with van der Waals surface area (Å²) in [5, 5.41) is 3.12. The summed E-state index contributed by atoms with van der Waals surface area (Å²) < 4.78 is 0. The van der Waals surface area contributed by atoms with E-state index < -0.39 is 0 Å². The van der Waals surface area contributed by atoms with Gasteiger partial charge in [0, 0.05) is 49.7 Å². The van der Waals surface area contributed by atoms with Gasteiger partial charge in [-0.15, -0.1) is 0 Å². The second-order valence-corrected chi connectivity index (χ2v) is 5.71. The van der Waals surface area contributed by atoms with Gasteiger partial charge in [0.1, 0.15) is 0 Å². The number of fused-ring (bicyclic) bond motifs is 1. The summed E-state index contributed by atoms with van der Waals surface area (Å²) in [6.07, 6.45) is 6.54. The molecule has 0 aromatic carbocycles. The average molecular weight is 261 g/mol. The fourth-order valence-corrected chi connectivity index (χ4v) is 3.26.